The summed E-state index contributed by atoms with van der Waals surface area (Å²) in [4.78, 5) is 7.33. The fraction of sp³-hybridized carbons (Fsp3) is 0. The average molecular weight is 314 g/mol. The maximum Gasteiger partial charge on any atom is 0.176 e. The fourth-order valence-electron chi connectivity index (χ4n) is 2.46. The molecule has 0 fully saturated rings. The quantitative estimate of drug-likeness (QED) is 0.446. The third kappa shape index (κ3) is 2.72. The highest BCUT2D eigenvalue weighted by Crippen LogP contribution is 2.27. The van der Waals surface area contributed by atoms with Crippen LogP contribution in [0.2, 0.25) is 0 Å². The first-order valence-corrected chi connectivity index (χ1v) is 7.51. The van der Waals surface area contributed by atoms with Gasteiger partial charge in [0.15, 0.2) is 11.6 Å². The molecular weight excluding hydrogens is 300 g/mol. The monoisotopic (exact) mass is 314 g/mol. The van der Waals surface area contributed by atoms with Gasteiger partial charge in [-0.3, -0.25) is 5.43 Å². The number of aromatic nitrogens is 4. The minimum atomic E-state index is 0.605. The lowest BCUT2D eigenvalue weighted by molar-refractivity contribution is 1.03. The van der Waals surface area contributed by atoms with Gasteiger partial charge >= 0.3 is 0 Å². The Kier molecular flexibility index (Phi) is 3.69. The van der Waals surface area contributed by atoms with Crippen LogP contribution in [0.4, 0.5) is 5.82 Å². The Morgan fingerprint density at radius 2 is 1.71 bits per heavy atom. The molecule has 2 N–H and O–H groups in total. The van der Waals surface area contributed by atoms with E-state index in [0.717, 1.165) is 16.3 Å². The molecule has 2 heterocycles. The first-order valence-electron chi connectivity index (χ1n) is 7.51. The molecule has 2 aromatic heterocycles. The van der Waals surface area contributed by atoms with E-state index in [1.807, 2.05) is 54.6 Å². The fourth-order valence-corrected chi connectivity index (χ4v) is 2.46. The van der Waals surface area contributed by atoms with Crippen molar-refractivity contribution in [3.05, 3.63) is 72.6 Å². The Balaban J connectivity index is 1.70. The van der Waals surface area contributed by atoms with Crippen LogP contribution in [0, 0.1) is 0 Å². The van der Waals surface area contributed by atoms with E-state index in [4.69, 9.17) is 0 Å². The van der Waals surface area contributed by atoms with E-state index in [0.29, 0.717) is 17.3 Å². The third-order valence-electron chi connectivity index (χ3n) is 3.59. The molecule has 0 aliphatic heterocycles. The molecule has 0 unspecified atom stereocenters. The van der Waals surface area contributed by atoms with Gasteiger partial charge in [0.2, 0.25) is 0 Å². The first kappa shape index (κ1) is 14.1. The summed E-state index contributed by atoms with van der Waals surface area (Å²) in [7, 11) is 0. The van der Waals surface area contributed by atoms with E-state index < -0.39 is 0 Å². The van der Waals surface area contributed by atoms with E-state index in [1.165, 1.54) is 0 Å². The Morgan fingerprint density at radius 3 is 2.50 bits per heavy atom. The summed E-state index contributed by atoms with van der Waals surface area (Å²) in [6, 6.07) is 17.8. The lowest BCUT2D eigenvalue weighted by atomic mass is 10.1. The minimum absolute atomic E-state index is 0.605. The molecule has 6 heteroatoms. The molecular formula is C18H14N6. The number of fused-ring (bicyclic) bond motifs is 1. The second-order valence-electron chi connectivity index (χ2n) is 5.16. The first-order chi connectivity index (χ1) is 11.9. The van der Waals surface area contributed by atoms with Crippen LogP contribution in [0.15, 0.2) is 72.1 Å². The maximum atomic E-state index is 4.29. The number of nitrogens with zero attached hydrogens (tertiary/aromatic N) is 4. The molecule has 0 aliphatic carbocycles. The molecule has 4 aromatic rings. The number of anilines is 1. The number of H-pyrrole nitrogens is 1. The predicted octanol–water partition coefficient (Wildman–Crippen LogP) is 3.47. The van der Waals surface area contributed by atoms with Crippen molar-refractivity contribution in [1.29, 1.82) is 0 Å². The molecule has 116 valence electrons. The van der Waals surface area contributed by atoms with Crippen LogP contribution in [0.3, 0.4) is 0 Å². The van der Waals surface area contributed by atoms with Crippen LogP contribution in [0.25, 0.3) is 22.3 Å². The van der Waals surface area contributed by atoms with Gasteiger partial charge in [-0.1, -0.05) is 54.6 Å². The number of rotatable bonds is 4. The van der Waals surface area contributed by atoms with Crippen molar-refractivity contribution < 1.29 is 0 Å². The highest BCUT2D eigenvalue weighted by molar-refractivity contribution is 5.99. The smallest absolute Gasteiger partial charge is 0.176 e. The van der Waals surface area contributed by atoms with Crippen LogP contribution >= 0.6 is 0 Å². The Morgan fingerprint density at radius 1 is 0.917 bits per heavy atom. The molecule has 0 aliphatic rings. The number of nitrogens with one attached hydrogen (secondary N) is 2. The van der Waals surface area contributed by atoms with Crippen molar-refractivity contribution in [2.45, 2.75) is 0 Å². The van der Waals surface area contributed by atoms with Crippen LogP contribution in [-0.2, 0) is 0 Å². The van der Waals surface area contributed by atoms with E-state index in [1.54, 1.807) is 18.6 Å². The molecule has 6 nitrogen and oxygen atoms in total. The standard InChI is InChI=1S/C18H14N6/c1-2-6-13(7-3-1)12-21-23-17-15-9-5-4-8-14(15)16(22-24-17)18-19-10-11-20-18/h1-12H,(H,19,20)(H,23,24). The van der Waals surface area contributed by atoms with Gasteiger partial charge in [0.25, 0.3) is 0 Å². The summed E-state index contributed by atoms with van der Waals surface area (Å²) in [5.41, 5.74) is 4.70. The lowest BCUT2D eigenvalue weighted by Crippen LogP contribution is -1.99. The van der Waals surface area contributed by atoms with Crippen molar-refractivity contribution in [3.63, 3.8) is 0 Å². The highest BCUT2D eigenvalue weighted by atomic mass is 15.3. The second kappa shape index (κ2) is 6.29. The number of hydrogen-bond donors (Lipinski definition) is 2. The van der Waals surface area contributed by atoms with Gasteiger partial charge in [0, 0.05) is 23.2 Å². The van der Waals surface area contributed by atoms with Gasteiger partial charge in [0.1, 0.15) is 5.69 Å². The Labute approximate surface area is 138 Å². The number of hydrazone groups is 1. The minimum Gasteiger partial charge on any atom is -0.343 e. The summed E-state index contributed by atoms with van der Waals surface area (Å²) in [6.45, 7) is 0. The van der Waals surface area contributed by atoms with Gasteiger partial charge in [-0.2, -0.15) is 5.10 Å². The number of aromatic amines is 1. The summed E-state index contributed by atoms with van der Waals surface area (Å²) in [5, 5.41) is 14.7. The number of hydrogen-bond acceptors (Lipinski definition) is 5. The van der Waals surface area contributed by atoms with Gasteiger partial charge in [0.05, 0.1) is 6.21 Å². The largest absolute Gasteiger partial charge is 0.343 e. The molecule has 2 aromatic carbocycles. The van der Waals surface area contributed by atoms with Crippen LogP contribution in [0.5, 0.6) is 0 Å². The predicted molar refractivity (Wildman–Crippen MR) is 94.8 cm³/mol. The molecule has 0 bridgehead atoms. The Hall–Kier alpha value is -3.54. The lowest BCUT2D eigenvalue weighted by Gasteiger charge is -2.07. The average Bonchev–Trinajstić information content (AvgIpc) is 3.17. The van der Waals surface area contributed by atoms with Gasteiger partial charge in [-0.15, -0.1) is 10.2 Å². The van der Waals surface area contributed by atoms with Crippen molar-refractivity contribution >= 4 is 22.8 Å². The summed E-state index contributed by atoms with van der Waals surface area (Å²) >= 11 is 0. The van der Waals surface area contributed by atoms with E-state index in [2.05, 4.69) is 30.7 Å². The SMILES string of the molecule is C(=NNc1nnc(-c2ncc[nH]2)c2ccccc12)c1ccccc1. The van der Waals surface area contributed by atoms with Crippen molar-refractivity contribution in [1.82, 2.24) is 20.2 Å². The van der Waals surface area contributed by atoms with Crippen molar-refractivity contribution in [2.24, 2.45) is 5.10 Å². The summed E-state index contributed by atoms with van der Waals surface area (Å²) < 4.78 is 0. The van der Waals surface area contributed by atoms with Crippen LogP contribution in [0.1, 0.15) is 5.56 Å². The molecule has 0 saturated heterocycles. The molecule has 4 rings (SSSR count). The van der Waals surface area contributed by atoms with Crippen molar-refractivity contribution in [2.75, 3.05) is 5.43 Å². The zero-order valence-electron chi connectivity index (χ0n) is 12.7. The van der Waals surface area contributed by atoms with Crippen LogP contribution < -0.4 is 5.43 Å². The Bertz CT molecular complexity index is 977. The normalized spacial score (nSPS) is 11.2. The maximum absolute atomic E-state index is 4.29. The van der Waals surface area contributed by atoms with Crippen molar-refractivity contribution in [3.8, 4) is 11.5 Å². The zero-order chi connectivity index (χ0) is 16.2. The second-order valence-corrected chi connectivity index (χ2v) is 5.16. The number of imidazole rings is 1. The molecule has 0 atom stereocenters. The van der Waals surface area contributed by atoms with E-state index in [9.17, 15) is 0 Å². The molecule has 24 heavy (non-hydrogen) atoms. The molecule has 0 spiro atoms. The third-order valence-corrected chi connectivity index (χ3v) is 3.59. The van der Waals surface area contributed by atoms with Gasteiger partial charge in [-0.25, -0.2) is 4.98 Å². The van der Waals surface area contributed by atoms with Gasteiger partial charge in [-0.05, 0) is 5.56 Å². The molecule has 0 amide bonds. The number of benzene rings is 2. The topological polar surface area (TPSA) is 78.8 Å². The highest BCUT2D eigenvalue weighted by Gasteiger charge is 2.11. The van der Waals surface area contributed by atoms with E-state index in [-0.39, 0.29) is 0 Å². The zero-order valence-corrected chi connectivity index (χ0v) is 12.7. The molecule has 0 saturated carbocycles. The summed E-state index contributed by atoms with van der Waals surface area (Å²) in [5.74, 6) is 1.30. The van der Waals surface area contributed by atoms with Gasteiger partial charge < -0.3 is 4.98 Å². The summed E-state index contributed by atoms with van der Waals surface area (Å²) in [6.07, 6.45) is 5.21. The van der Waals surface area contributed by atoms with Crippen LogP contribution in [-0.4, -0.2) is 26.4 Å². The van der Waals surface area contributed by atoms with E-state index >= 15 is 0 Å². The molecule has 0 radical (unpaired) electrons.